The summed E-state index contributed by atoms with van der Waals surface area (Å²) in [6, 6.07) is 7.14. The first kappa shape index (κ1) is 18.3. The topological polar surface area (TPSA) is 49.3 Å². The Bertz CT molecular complexity index is 465. The standard InChI is InChI=1S/C16H24ClNO2S/c1-4-5-10-21-12(2)15(19)18-11-16(3,20)13-8-6-7-9-14(13)17/h6-9,12,20H,4-5,10-11H2,1-3H3,(H,18,19)/t12-,16+/m1/s1. The summed E-state index contributed by atoms with van der Waals surface area (Å²) in [5.74, 6) is 0.926. The van der Waals surface area contributed by atoms with E-state index in [4.69, 9.17) is 11.6 Å². The van der Waals surface area contributed by atoms with E-state index < -0.39 is 5.60 Å². The van der Waals surface area contributed by atoms with Gasteiger partial charge in [0.1, 0.15) is 5.60 Å². The highest BCUT2D eigenvalue weighted by atomic mass is 35.5. The summed E-state index contributed by atoms with van der Waals surface area (Å²) in [4.78, 5) is 12.0. The second kappa shape index (κ2) is 8.66. The zero-order valence-corrected chi connectivity index (χ0v) is 14.4. The molecular weight excluding hydrogens is 306 g/mol. The van der Waals surface area contributed by atoms with Gasteiger partial charge in [-0.1, -0.05) is 43.1 Å². The van der Waals surface area contributed by atoms with Gasteiger partial charge < -0.3 is 10.4 Å². The lowest BCUT2D eigenvalue weighted by Gasteiger charge is -2.26. The van der Waals surface area contributed by atoms with Crippen LogP contribution in [0.4, 0.5) is 0 Å². The second-order valence-electron chi connectivity index (χ2n) is 5.34. The van der Waals surface area contributed by atoms with Gasteiger partial charge in [-0.05, 0) is 32.1 Å². The van der Waals surface area contributed by atoms with E-state index in [2.05, 4.69) is 12.2 Å². The molecule has 1 amide bonds. The molecule has 0 aromatic heterocycles. The van der Waals surface area contributed by atoms with Gasteiger partial charge in [0, 0.05) is 10.6 Å². The molecule has 0 saturated heterocycles. The number of unbranched alkanes of at least 4 members (excludes halogenated alkanes) is 1. The van der Waals surface area contributed by atoms with Crippen molar-refractivity contribution in [2.24, 2.45) is 0 Å². The maximum atomic E-state index is 12.0. The van der Waals surface area contributed by atoms with Gasteiger partial charge in [0.05, 0.1) is 11.8 Å². The Hall–Kier alpha value is -0.710. The molecule has 0 unspecified atom stereocenters. The van der Waals surface area contributed by atoms with E-state index in [0.29, 0.717) is 10.6 Å². The van der Waals surface area contributed by atoms with Gasteiger partial charge >= 0.3 is 0 Å². The SMILES string of the molecule is CCCCS[C@H](C)C(=O)NC[C@](C)(O)c1ccccc1Cl. The maximum Gasteiger partial charge on any atom is 0.232 e. The summed E-state index contributed by atoms with van der Waals surface area (Å²) in [5.41, 5.74) is -0.555. The molecule has 0 heterocycles. The molecule has 5 heteroatoms. The lowest BCUT2D eigenvalue weighted by atomic mass is 9.96. The fourth-order valence-corrected chi connectivity index (χ4v) is 3.26. The number of thioether (sulfide) groups is 1. The molecule has 0 saturated carbocycles. The molecule has 0 aliphatic carbocycles. The van der Waals surface area contributed by atoms with Crippen LogP contribution in [-0.2, 0) is 10.4 Å². The quantitative estimate of drug-likeness (QED) is 0.717. The first-order valence-electron chi connectivity index (χ1n) is 7.25. The molecule has 2 atom stereocenters. The van der Waals surface area contributed by atoms with E-state index in [-0.39, 0.29) is 17.7 Å². The molecule has 0 spiro atoms. The minimum absolute atomic E-state index is 0.0524. The number of hydrogen-bond donors (Lipinski definition) is 2. The van der Waals surface area contributed by atoms with Crippen LogP contribution in [0.15, 0.2) is 24.3 Å². The number of carbonyl (C=O) groups is 1. The number of amides is 1. The van der Waals surface area contributed by atoms with Crippen molar-refractivity contribution in [3.8, 4) is 0 Å². The number of aliphatic hydroxyl groups is 1. The first-order chi connectivity index (χ1) is 9.88. The molecule has 0 aliphatic heterocycles. The molecule has 0 aliphatic rings. The maximum absolute atomic E-state index is 12.0. The zero-order chi connectivity index (χ0) is 15.9. The van der Waals surface area contributed by atoms with Crippen molar-refractivity contribution in [1.82, 2.24) is 5.32 Å². The van der Waals surface area contributed by atoms with E-state index in [1.165, 1.54) is 0 Å². The average molecular weight is 330 g/mol. The number of carbonyl (C=O) groups excluding carboxylic acids is 1. The minimum atomic E-state index is -1.18. The van der Waals surface area contributed by atoms with Gasteiger partial charge in [0.2, 0.25) is 5.91 Å². The molecule has 2 N–H and O–H groups in total. The summed E-state index contributed by atoms with van der Waals surface area (Å²) in [6.45, 7) is 5.82. The van der Waals surface area contributed by atoms with Crippen LogP contribution < -0.4 is 5.32 Å². The molecule has 1 rings (SSSR count). The second-order valence-corrected chi connectivity index (χ2v) is 7.19. The van der Waals surface area contributed by atoms with Gasteiger partial charge in [-0.2, -0.15) is 0 Å². The molecule has 0 bridgehead atoms. The molecule has 21 heavy (non-hydrogen) atoms. The lowest BCUT2D eigenvalue weighted by Crippen LogP contribution is -2.41. The highest BCUT2D eigenvalue weighted by Gasteiger charge is 2.27. The largest absolute Gasteiger partial charge is 0.384 e. The van der Waals surface area contributed by atoms with Crippen LogP contribution in [0.5, 0.6) is 0 Å². The number of benzene rings is 1. The number of hydrogen-bond acceptors (Lipinski definition) is 3. The molecule has 0 radical (unpaired) electrons. The van der Waals surface area contributed by atoms with Gasteiger partial charge in [-0.15, -0.1) is 11.8 Å². The van der Waals surface area contributed by atoms with Gasteiger partial charge in [-0.25, -0.2) is 0 Å². The van der Waals surface area contributed by atoms with Crippen LogP contribution in [0.3, 0.4) is 0 Å². The van der Waals surface area contributed by atoms with E-state index >= 15 is 0 Å². The molecule has 0 fully saturated rings. The van der Waals surface area contributed by atoms with Gasteiger partial charge in [0.15, 0.2) is 0 Å². The van der Waals surface area contributed by atoms with E-state index in [1.807, 2.05) is 19.1 Å². The van der Waals surface area contributed by atoms with Crippen LogP contribution >= 0.6 is 23.4 Å². The highest BCUT2D eigenvalue weighted by Crippen LogP contribution is 2.27. The monoisotopic (exact) mass is 329 g/mol. The van der Waals surface area contributed by atoms with E-state index in [0.717, 1.165) is 18.6 Å². The Kier molecular flexibility index (Phi) is 7.57. The first-order valence-corrected chi connectivity index (χ1v) is 8.68. The van der Waals surface area contributed by atoms with E-state index in [1.54, 1.807) is 30.8 Å². The van der Waals surface area contributed by atoms with Gasteiger partial charge in [0.25, 0.3) is 0 Å². The van der Waals surface area contributed by atoms with Crippen molar-refractivity contribution in [3.63, 3.8) is 0 Å². The normalized spacial score (nSPS) is 15.3. The number of halogens is 1. The highest BCUT2D eigenvalue weighted by molar-refractivity contribution is 8.00. The Morgan fingerprint density at radius 1 is 1.48 bits per heavy atom. The molecule has 1 aromatic rings. The zero-order valence-electron chi connectivity index (χ0n) is 12.9. The third kappa shape index (κ3) is 5.89. The molecule has 118 valence electrons. The Morgan fingerprint density at radius 3 is 2.76 bits per heavy atom. The fraction of sp³-hybridized carbons (Fsp3) is 0.562. The summed E-state index contributed by atoms with van der Waals surface area (Å²) < 4.78 is 0. The Morgan fingerprint density at radius 2 is 2.14 bits per heavy atom. The number of nitrogens with one attached hydrogen (secondary N) is 1. The Balaban J connectivity index is 2.53. The predicted octanol–water partition coefficient (Wildman–Crippen LogP) is 3.59. The minimum Gasteiger partial charge on any atom is -0.384 e. The lowest BCUT2D eigenvalue weighted by molar-refractivity contribution is -0.121. The fourth-order valence-electron chi connectivity index (χ4n) is 1.88. The number of rotatable bonds is 8. The van der Waals surface area contributed by atoms with Crippen molar-refractivity contribution in [2.45, 2.75) is 44.5 Å². The summed E-state index contributed by atoms with van der Waals surface area (Å²) in [7, 11) is 0. The third-order valence-corrected chi connectivity index (χ3v) is 4.86. The van der Waals surface area contributed by atoms with Crippen LogP contribution in [0.25, 0.3) is 0 Å². The summed E-state index contributed by atoms with van der Waals surface area (Å²) >= 11 is 7.73. The molecule has 3 nitrogen and oxygen atoms in total. The smallest absolute Gasteiger partial charge is 0.232 e. The average Bonchev–Trinajstić information content (AvgIpc) is 2.45. The van der Waals surface area contributed by atoms with Crippen molar-refractivity contribution < 1.29 is 9.90 Å². The molecule has 1 aromatic carbocycles. The van der Waals surface area contributed by atoms with Gasteiger partial charge in [-0.3, -0.25) is 4.79 Å². The van der Waals surface area contributed by atoms with Crippen LogP contribution in [-0.4, -0.2) is 28.6 Å². The van der Waals surface area contributed by atoms with Crippen molar-refractivity contribution >= 4 is 29.3 Å². The van der Waals surface area contributed by atoms with Crippen LogP contribution in [0.2, 0.25) is 5.02 Å². The van der Waals surface area contributed by atoms with Crippen LogP contribution in [0, 0.1) is 0 Å². The predicted molar refractivity (Wildman–Crippen MR) is 90.9 cm³/mol. The van der Waals surface area contributed by atoms with Crippen molar-refractivity contribution in [3.05, 3.63) is 34.9 Å². The third-order valence-electron chi connectivity index (χ3n) is 3.30. The van der Waals surface area contributed by atoms with Crippen LogP contribution in [0.1, 0.15) is 39.2 Å². The Labute approximate surface area is 136 Å². The van der Waals surface area contributed by atoms with Crippen molar-refractivity contribution in [1.29, 1.82) is 0 Å². The van der Waals surface area contributed by atoms with Crippen molar-refractivity contribution in [2.75, 3.05) is 12.3 Å². The molecular formula is C16H24ClNO2S. The van der Waals surface area contributed by atoms with E-state index in [9.17, 15) is 9.90 Å². The summed E-state index contributed by atoms with van der Waals surface area (Å²) in [6.07, 6.45) is 2.24. The summed E-state index contributed by atoms with van der Waals surface area (Å²) in [5, 5.41) is 13.7.